The lowest BCUT2D eigenvalue weighted by Gasteiger charge is -2.14. The van der Waals surface area contributed by atoms with Gasteiger partial charge >= 0.3 is 0 Å². The summed E-state index contributed by atoms with van der Waals surface area (Å²) in [5.74, 6) is 3.34. The van der Waals surface area contributed by atoms with Gasteiger partial charge in [-0.2, -0.15) is 0 Å². The first-order valence-corrected chi connectivity index (χ1v) is 10.5. The van der Waals surface area contributed by atoms with Gasteiger partial charge in [-0.05, 0) is 48.4 Å². The minimum Gasteiger partial charge on any atom is -0.493 e. The van der Waals surface area contributed by atoms with E-state index in [0.29, 0.717) is 23.3 Å². The van der Waals surface area contributed by atoms with Crippen LogP contribution in [0.3, 0.4) is 0 Å². The molecule has 0 atom stereocenters. The number of rotatable bonds is 7. The van der Waals surface area contributed by atoms with Crippen molar-refractivity contribution in [3.63, 3.8) is 0 Å². The molecule has 31 heavy (non-hydrogen) atoms. The Morgan fingerprint density at radius 3 is 2.61 bits per heavy atom. The molecule has 0 aliphatic carbocycles. The molecule has 2 aromatic carbocycles. The van der Waals surface area contributed by atoms with Crippen molar-refractivity contribution in [1.82, 2.24) is 14.5 Å². The number of para-hydroxylation sites is 3. The Morgan fingerprint density at radius 1 is 1.03 bits per heavy atom. The predicted molar refractivity (Wildman–Crippen MR) is 126 cm³/mol. The van der Waals surface area contributed by atoms with Crippen LogP contribution in [0.4, 0.5) is 0 Å². The molecular weight excluding hydrogens is 410 g/mol. The third kappa shape index (κ3) is 4.57. The molecule has 0 saturated heterocycles. The number of benzene rings is 2. The van der Waals surface area contributed by atoms with E-state index in [1.165, 1.54) is 0 Å². The van der Waals surface area contributed by atoms with Gasteiger partial charge in [-0.1, -0.05) is 49.7 Å². The summed E-state index contributed by atoms with van der Waals surface area (Å²) in [5, 5.41) is 0.591. The first kappa shape index (κ1) is 20.9. The topological polar surface area (TPSA) is 49.2 Å². The number of ether oxygens (including phenoxy) is 2. The molecule has 5 nitrogen and oxygen atoms in total. The van der Waals surface area contributed by atoms with Crippen molar-refractivity contribution < 1.29 is 9.47 Å². The first-order valence-electron chi connectivity index (χ1n) is 10.1. The van der Waals surface area contributed by atoms with Crippen molar-refractivity contribution in [1.29, 1.82) is 0 Å². The summed E-state index contributed by atoms with van der Waals surface area (Å²) in [4.78, 5) is 9.30. The molecule has 0 fully saturated rings. The van der Waals surface area contributed by atoms with Gasteiger partial charge in [0.2, 0.25) is 0 Å². The SMILES string of the molecule is COc1cccc(C=Cc2nc3ccccc3n2-c2ccc(Cl)cn2)c1OCC(C)C. The van der Waals surface area contributed by atoms with Crippen molar-refractivity contribution in [3.8, 4) is 17.3 Å². The van der Waals surface area contributed by atoms with Crippen molar-refractivity contribution in [2.75, 3.05) is 13.7 Å². The molecule has 2 aromatic heterocycles. The second-order valence-corrected chi connectivity index (χ2v) is 7.98. The summed E-state index contributed by atoms with van der Waals surface area (Å²) in [6.45, 7) is 4.84. The molecule has 0 N–H and O–H groups in total. The number of hydrogen-bond acceptors (Lipinski definition) is 4. The lowest BCUT2D eigenvalue weighted by molar-refractivity contribution is 0.256. The largest absolute Gasteiger partial charge is 0.493 e. The Bertz CT molecular complexity index is 1210. The number of nitrogens with zero attached hydrogens (tertiary/aromatic N) is 3. The van der Waals surface area contributed by atoms with E-state index in [9.17, 15) is 0 Å². The zero-order valence-corrected chi connectivity index (χ0v) is 18.5. The minimum absolute atomic E-state index is 0.405. The summed E-state index contributed by atoms with van der Waals surface area (Å²) in [7, 11) is 1.65. The Kier molecular flexibility index (Phi) is 6.23. The molecule has 0 spiro atoms. The van der Waals surface area contributed by atoms with Gasteiger partial charge in [-0.15, -0.1) is 0 Å². The third-order valence-corrected chi connectivity index (χ3v) is 4.95. The van der Waals surface area contributed by atoms with E-state index in [-0.39, 0.29) is 0 Å². The van der Waals surface area contributed by atoms with Crippen LogP contribution in [0.1, 0.15) is 25.2 Å². The number of hydrogen-bond donors (Lipinski definition) is 0. The second-order valence-electron chi connectivity index (χ2n) is 7.55. The Balaban J connectivity index is 1.79. The molecule has 0 radical (unpaired) electrons. The van der Waals surface area contributed by atoms with E-state index >= 15 is 0 Å². The first-order chi connectivity index (χ1) is 15.1. The van der Waals surface area contributed by atoms with E-state index in [0.717, 1.165) is 34.0 Å². The van der Waals surface area contributed by atoms with Gasteiger partial charge in [-0.25, -0.2) is 9.97 Å². The van der Waals surface area contributed by atoms with Crippen molar-refractivity contribution in [3.05, 3.63) is 77.2 Å². The highest BCUT2D eigenvalue weighted by Gasteiger charge is 2.13. The van der Waals surface area contributed by atoms with Crippen LogP contribution in [0.2, 0.25) is 5.02 Å². The normalized spacial score (nSPS) is 11.5. The van der Waals surface area contributed by atoms with Crippen molar-refractivity contribution in [2.24, 2.45) is 5.92 Å². The van der Waals surface area contributed by atoms with Gasteiger partial charge in [0.05, 0.1) is 29.8 Å². The number of imidazole rings is 1. The number of fused-ring (bicyclic) bond motifs is 1. The van der Waals surface area contributed by atoms with Crippen LogP contribution in [-0.2, 0) is 0 Å². The van der Waals surface area contributed by atoms with Gasteiger partial charge in [-0.3, -0.25) is 4.57 Å². The fourth-order valence-electron chi connectivity index (χ4n) is 3.29. The second kappa shape index (κ2) is 9.23. The molecule has 0 bridgehead atoms. The highest BCUT2D eigenvalue weighted by Crippen LogP contribution is 2.33. The monoisotopic (exact) mass is 433 g/mol. The number of methoxy groups -OCH3 is 1. The van der Waals surface area contributed by atoms with Crippen LogP contribution in [0.5, 0.6) is 11.5 Å². The summed E-state index contributed by atoms with van der Waals surface area (Å²) in [5.41, 5.74) is 2.78. The van der Waals surface area contributed by atoms with Crippen LogP contribution < -0.4 is 9.47 Å². The lowest BCUT2D eigenvalue weighted by Crippen LogP contribution is -2.06. The predicted octanol–water partition coefficient (Wildman–Crippen LogP) is 6.29. The zero-order valence-electron chi connectivity index (χ0n) is 17.7. The Labute approximate surface area is 186 Å². The minimum atomic E-state index is 0.405. The highest BCUT2D eigenvalue weighted by atomic mass is 35.5. The van der Waals surface area contributed by atoms with Crippen LogP contribution in [0.25, 0.3) is 29.0 Å². The van der Waals surface area contributed by atoms with Crippen LogP contribution in [0, 0.1) is 5.92 Å². The number of aromatic nitrogens is 3. The maximum atomic E-state index is 6.07. The Hall–Kier alpha value is -3.31. The summed E-state index contributed by atoms with van der Waals surface area (Å²) in [6.07, 6.45) is 5.60. The van der Waals surface area contributed by atoms with E-state index < -0.39 is 0 Å². The van der Waals surface area contributed by atoms with Gasteiger partial charge in [0.25, 0.3) is 0 Å². The lowest BCUT2D eigenvalue weighted by atomic mass is 10.1. The van der Waals surface area contributed by atoms with Crippen LogP contribution in [-0.4, -0.2) is 28.3 Å². The summed E-state index contributed by atoms with van der Waals surface area (Å²) >= 11 is 6.04. The van der Waals surface area contributed by atoms with Crippen molar-refractivity contribution in [2.45, 2.75) is 13.8 Å². The third-order valence-electron chi connectivity index (χ3n) is 4.73. The van der Waals surface area contributed by atoms with Gasteiger partial charge in [0, 0.05) is 11.8 Å². The summed E-state index contributed by atoms with van der Waals surface area (Å²) in [6, 6.07) is 17.5. The molecule has 4 aromatic rings. The quantitative estimate of drug-likeness (QED) is 0.343. The Morgan fingerprint density at radius 2 is 1.87 bits per heavy atom. The van der Waals surface area contributed by atoms with E-state index in [2.05, 4.69) is 18.8 Å². The average Bonchev–Trinajstić information content (AvgIpc) is 3.15. The standard InChI is InChI=1S/C25H24ClN3O2/c1-17(2)16-31-25-18(7-6-10-22(25)30-3)11-13-24-28-20-8-4-5-9-21(20)29(24)23-14-12-19(26)15-27-23/h4-15,17H,16H2,1-3H3. The fourth-order valence-corrected chi connectivity index (χ4v) is 3.40. The molecule has 4 rings (SSSR count). The summed E-state index contributed by atoms with van der Waals surface area (Å²) < 4.78 is 13.6. The molecule has 158 valence electrons. The van der Waals surface area contributed by atoms with Crippen LogP contribution in [0.15, 0.2) is 60.8 Å². The molecule has 0 unspecified atom stereocenters. The van der Waals surface area contributed by atoms with E-state index in [4.69, 9.17) is 26.1 Å². The maximum Gasteiger partial charge on any atom is 0.168 e. The molecule has 0 aliphatic heterocycles. The molecule has 0 aliphatic rings. The molecule has 0 amide bonds. The van der Waals surface area contributed by atoms with E-state index in [1.54, 1.807) is 13.3 Å². The van der Waals surface area contributed by atoms with Crippen molar-refractivity contribution >= 4 is 34.8 Å². The fraction of sp³-hybridized carbons (Fsp3) is 0.200. The average molecular weight is 434 g/mol. The number of pyridine rings is 1. The number of halogens is 1. The smallest absolute Gasteiger partial charge is 0.168 e. The molecule has 6 heteroatoms. The zero-order chi connectivity index (χ0) is 21.8. The maximum absolute atomic E-state index is 6.07. The molecular formula is C25H24ClN3O2. The van der Waals surface area contributed by atoms with E-state index in [1.807, 2.05) is 71.3 Å². The van der Waals surface area contributed by atoms with Gasteiger partial charge in [0.1, 0.15) is 11.6 Å². The van der Waals surface area contributed by atoms with Crippen LogP contribution >= 0.6 is 11.6 Å². The van der Waals surface area contributed by atoms with Gasteiger partial charge < -0.3 is 9.47 Å². The molecule has 0 saturated carbocycles. The molecule has 2 heterocycles. The highest BCUT2D eigenvalue weighted by molar-refractivity contribution is 6.30. The van der Waals surface area contributed by atoms with Gasteiger partial charge in [0.15, 0.2) is 11.5 Å².